The van der Waals surface area contributed by atoms with Crippen LogP contribution in [0.2, 0.25) is 5.15 Å². The van der Waals surface area contributed by atoms with Gasteiger partial charge in [0.15, 0.2) is 10.9 Å². The summed E-state index contributed by atoms with van der Waals surface area (Å²) in [6.45, 7) is 5.36. The van der Waals surface area contributed by atoms with Gasteiger partial charge in [-0.1, -0.05) is 23.6 Å². The highest BCUT2D eigenvalue weighted by Gasteiger charge is 2.46. The minimum Gasteiger partial charge on any atom is -0.489 e. The van der Waals surface area contributed by atoms with Crippen LogP contribution in [0.25, 0.3) is 10.4 Å². The summed E-state index contributed by atoms with van der Waals surface area (Å²) in [4.78, 5) is 7.16. The summed E-state index contributed by atoms with van der Waals surface area (Å²) in [6, 6.07) is 1.95. The number of ether oxygens (including phenoxy) is 2. The molecule has 1 saturated heterocycles. The summed E-state index contributed by atoms with van der Waals surface area (Å²) in [5, 5.41) is 4.01. The van der Waals surface area contributed by atoms with Crippen molar-refractivity contribution in [1.82, 2.24) is 4.98 Å². The zero-order valence-electron chi connectivity index (χ0n) is 10.7. The maximum absolute atomic E-state index is 8.50. The molecule has 1 aromatic rings. The van der Waals surface area contributed by atoms with E-state index in [9.17, 15) is 0 Å². The van der Waals surface area contributed by atoms with Crippen LogP contribution >= 0.6 is 11.6 Å². The number of rotatable bonds is 3. The van der Waals surface area contributed by atoms with E-state index in [1.54, 1.807) is 0 Å². The summed E-state index contributed by atoms with van der Waals surface area (Å²) >= 11 is 6.17. The van der Waals surface area contributed by atoms with Crippen LogP contribution in [-0.4, -0.2) is 24.7 Å². The molecule has 0 radical (unpaired) electrons. The Labute approximate surface area is 115 Å². The first-order valence-electron chi connectivity index (χ1n) is 5.98. The predicted molar refractivity (Wildman–Crippen MR) is 69.4 cm³/mol. The molecular weight excluding hydrogens is 268 g/mol. The Kier molecular flexibility index (Phi) is 2.64. The number of aromatic nitrogens is 1. The molecule has 3 heterocycles. The third kappa shape index (κ3) is 1.92. The first-order chi connectivity index (χ1) is 8.98. The Hall–Kier alpha value is -1.49. The van der Waals surface area contributed by atoms with Crippen molar-refractivity contribution in [3.05, 3.63) is 32.9 Å². The van der Waals surface area contributed by atoms with E-state index < -0.39 is 0 Å². The Morgan fingerprint density at radius 1 is 1.53 bits per heavy atom. The lowest BCUT2D eigenvalue weighted by molar-refractivity contribution is 0.282. The third-order valence-corrected chi connectivity index (χ3v) is 3.98. The van der Waals surface area contributed by atoms with Crippen LogP contribution in [0.15, 0.2) is 11.2 Å². The third-order valence-electron chi connectivity index (χ3n) is 3.72. The van der Waals surface area contributed by atoms with E-state index in [1.807, 2.05) is 19.9 Å². The second-order valence-electron chi connectivity index (χ2n) is 5.43. The van der Waals surface area contributed by atoms with Gasteiger partial charge in [0.05, 0.1) is 18.9 Å². The summed E-state index contributed by atoms with van der Waals surface area (Å²) in [7, 11) is 0. The van der Waals surface area contributed by atoms with E-state index in [4.69, 9.17) is 26.6 Å². The van der Waals surface area contributed by atoms with E-state index in [1.165, 1.54) is 0 Å². The van der Waals surface area contributed by atoms with Gasteiger partial charge in [0.1, 0.15) is 5.60 Å². The molecule has 2 unspecified atom stereocenters. The number of pyridine rings is 1. The van der Waals surface area contributed by atoms with Crippen LogP contribution in [0.5, 0.6) is 5.75 Å². The topological polar surface area (TPSA) is 83.4 Å². The van der Waals surface area contributed by atoms with E-state index >= 15 is 0 Å². The fourth-order valence-electron chi connectivity index (χ4n) is 2.24. The fraction of sp³-hybridized carbons (Fsp3) is 0.583. The molecule has 0 aliphatic carbocycles. The molecule has 1 aromatic heterocycles. The van der Waals surface area contributed by atoms with Crippen LogP contribution < -0.4 is 4.74 Å². The van der Waals surface area contributed by atoms with Gasteiger partial charge in [-0.15, -0.1) is 0 Å². The highest BCUT2D eigenvalue weighted by molar-refractivity contribution is 6.31. The van der Waals surface area contributed by atoms with E-state index in [-0.39, 0.29) is 11.0 Å². The smallest absolute Gasteiger partial charge is 0.171 e. The molecule has 1 fully saturated rings. The average Bonchev–Trinajstić information content (AvgIpc) is 3.04. The van der Waals surface area contributed by atoms with Crippen molar-refractivity contribution in [2.24, 2.45) is 5.11 Å². The van der Waals surface area contributed by atoms with Crippen molar-refractivity contribution in [3.63, 3.8) is 0 Å². The number of nitrogens with zero attached hydrogens (tertiary/aromatic N) is 4. The molecular formula is C12H13ClN4O2. The zero-order valence-corrected chi connectivity index (χ0v) is 11.4. The maximum Gasteiger partial charge on any atom is 0.171 e. The molecule has 2 aliphatic heterocycles. The van der Waals surface area contributed by atoms with Crippen LogP contribution in [0.1, 0.15) is 25.1 Å². The van der Waals surface area contributed by atoms with Gasteiger partial charge in [-0.2, -0.15) is 0 Å². The van der Waals surface area contributed by atoms with Gasteiger partial charge in [-0.3, -0.25) is 0 Å². The monoisotopic (exact) mass is 280 g/mol. The van der Waals surface area contributed by atoms with Crippen LogP contribution in [-0.2, 0) is 15.8 Å². The van der Waals surface area contributed by atoms with E-state index in [2.05, 4.69) is 15.0 Å². The molecule has 19 heavy (non-hydrogen) atoms. The molecule has 0 amide bonds. The van der Waals surface area contributed by atoms with Crippen molar-refractivity contribution in [3.8, 4) is 5.75 Å². The Morgan fingerprint density at radius 3 is 2.89 bits per heavy atom. The molecule has 7 heteroatoms. The molecule has 0 saturated carbocycles. The summed E-state index contributed by atoms with van der Waals surface area (Å²) in [5.74, 6) is 0.588. The molecule has 2 aliphatic rings. The largest absolute Gasteiger partial charge is 0.489 e. The predicted octanol–water partition coefficient (Wildman–Crippen LogP) is 2.94. The van der Waals surface area contributed by atoms with Crippen LogP contribution in [0.4, 0.5) is 0 Å². The summed E-state index contributed by atoms with van der Waals surface area (Å²) in [5.41, 5.74) is 9.52. The van der Waals surface area contributed by atoms with E-state index in [0.717, 1.165) is 11.3 Å². The molecule has 0 spiro atoms. The van der Waals surface area contributed by atoms with Crippen molar-refractivity contribution in [2.75, 3.05) is 19.8 Å². The van der Waals surface area contributed by atoms with Crippen molar-refractivity contribution < 1.29 is 9.47 Å². The molecule has 0 bridgehead atoms. The van der Waals surface area contributed by atoms with Gasteiger partial charge in [0, 0.05) is 22.4 Å². The molecule has 2 atom stereocenters. The molecule has 0 N–H and O–H groups in total. The normalized spacial score (nSPS) is 31.3. The number of hydrogen-bond donors (Lipinski definition) is 0. The summed E-state index contributed by atoms with van der Waals surface area (Å²) in [6.07, 6.45) is 0. The lowest BCUT2D eigenvalue weighted by Gasteiger charge is -2.20. The minimum absolute atomic E-state index is 0.327. The lowest BCUT2D eigenvalue weighted by Crippen LogP contribution is -2.27. The molecule has 100 valence electrons. The van der Waals surface area contributed by atoms with Gasteiger partial charge in [-0.05, 0) is 18.5 Å². The Balaban J connectivity index is 2.08. The lowest BCUT2D eigenvalue weighted by atomic mass is 9.84. The van der Waals surface area contributed by atoms with Crippen molar-refractivity contribution >= 4 is 11.6 Å². The zero-order chi connectivity index (χ0) is 13.7. The minimum atomic E-state index is -0.367. The highest BCUT2D eigenvalue weighted by Crippen LogP contribution is 2.46. The van der Waals surface area contributed by atoms with Crippen LogP contribution in [0.3, 0.4) is 0 Å². The number of epoxide rings is 1. The second kappa shape index (κ2) is 4.00. The number of halogens is 1. The van der Waals surface area contributed by atoms with Gasteiger partial charge in [0.25, 0.3) is 0 Å². The van der Waals surface area contributed by atoms with E-state index in [0.29, 0.717) is 30.7 Å². The Morgan fingerprint density at radius 2 is 2.26 bits per heavy atom. The average molecular weight is 281 g/mol. The number of hydrogen-bond acceptors (Lipinski definition) is 4. The highest BCUT2D eigenvalue weighted by atomic mass is 35.5. The van der Waals surface area contributed by atoms with Crippen molar-refractivity contribution in [2.45, 2.75) is 24.9 Å². The molecule has 3 rings (SSSR count). The fourth-order valence-corrected chi connectivity index (χ4v) is 2.49. The van der Waals surface area contributed by atoms with Gasteiger partial charge < -0.3 is 9.47 Å². The second-order valence-corrected chi connectivity index (χ2v) is 5.79. The standard InChI is InChI=1S/C12H13ClN4O2/c1-11(4-15-17-14)5-18-9-7(11)3-8(16-10(9)13)12(2)6-19-12/h3H,4-6H2,1-2H3. The van der Waals surface area contributed by atoms with Gasteiger partial charge in [-0.25, -0.2) is 4.98 Å². The summed E-state index contributed by atoms with van der Waals surface area (Å²) < 4.78 is 11.0. The first-order valence-corrected chi connectivity index (χ1v) is 6.35. The van der Waals surface area contributed by atoms with Gasteiger partial charge >= 0.3 is 0 Å². The number of fused-ring (bicyclic) bond motifs is 1. The van der Waals surface area contributed by atoms with Crippen LogP contribution in [0, 0.1) is 0 Å². The van der Waals surface area contributed by atoms with Crippen molar-refractivity contribution in [1.29, 1.82) is 0 Å². The number of azide groups is 1. The SMILES string of the molecule is CC1(CN=[N+]=[N-])COc2c1cc(C1(C)CO1)nc2Cl. The maximum atomic E-state index is 8.50. The Bertz CT molecular complexity index is 596. The first kappa shape index (κ1) is 12.5. The molecule has 6 nitrogen and oxygen atoms in total. The quantitative estimate of drug-likeness (QED) is 0.280. The van der Waals surface area contributed by atoms with Gasteiger partial charge in [0.2, 0.25) is 0 Å². The molecule has 0 aromatic carbocycles.